The number of carbonyl (C=O) groups is 2. The summed E-state index contributed by atoms with van der Waals surface area (Å²) in [6.45, 7) is -0.437. The van der Waals surface area contributed by atoms with Crippen LogP contribution >= 0.6 is 0 Å². The van der Waals surface area contributed by atoms with Crippen LogP contribution in [0.25, 0.3) is 11.1 Å². The van der Waals surface area contributed by atoms with Gasteiger partial charge in [0.2, 0.25) is 5.76 Å². The van der Waals surface area contributed by atoms with Crippen molar-refractivity contribution < 1.29 is 18.7 Å². The predicted molar refractivity (Wildman–Crippen MR) is 98.8 cm³/mol. The Morgan fingerprint density at radius 2 is 1.78 bits per heavy atom. The Morgan fingerprint density at radius 1 is 1.04 bits per heavy atom. The standard InChI is InChI=1S/C21H16N2O4/c22-12-10-15-6-8-17(9-7-15)23-19(24)14-27-21(25)20-18(11-13-26-20)16-4-2-1-3-5-16/h1-9,11,13H,10,14H2,(H,23,24). The van der Waals surface area contributed by atoms with Crippen LogP contribution in [0.15, 0.2) is 71.3 Å². The summed E-state index contributed by atoms with van der Waals surface area (Å²) in [4.78, 5) is 24.2. The Balaban J connectivity index is 1.57. The molecule has 0 radical (unpaired) electrons. The first-order chi connectivity index (χ1) is 13.2. The summed E-state index contributed by atoms with van der Waals surface area (Å²) in [6.07, 6.45) is 1.71. The van der Waals surface area contributed by atoms with Crippen molar-refractivity contribution in [1.82, 2.24) is 0 Å². The lowest BCUT2D eigenvalue weighted by Gasteiger charge is -2.07. The van der Waals surface area contributed by atoms with Gasteiger partial charge >= 0.3 is 5.97 Å². The highest BCUT2D eigenvalue weighted by atomic mass is 16.5. The predicted octanol–water partition coefficient (Wildman–Crippen LogP) is 3.81. The van der Waals surface area contributed by atoms with E-state index < -0.39 is 18.5 Å². The van der Waals surface area contributed by atoms with E-state index in [0.717, 1.165) is 11.1 Å². The van der Waals surface area contributed by atoms with Crippen LogP contribution in [-0.4, -0.2) is 18.5 Å². The molecule has 0 aliphatic heterocycles. The van der Waals surface area contributed by atoms with Crippen molar-refractivity contribution >= 4 is 17.6 Å². The highest BCUT2D eigenvalue weighted by Crippen LogP contribution is 2.25. The molecule has 6 heteroatoms. The van der Waals surface area contributed by atoms with Crippen LogP contribution in [0, 0.1) is 11.3 Å². The van der Waals surface area contributed by atoms with Gasteiger partial charge in [0.05, 0.1) is 18.8 Å². The number of esters is 1. The molecule has 134 valence electrons. The van der Waals surface area contributed by atoms with Gasteiger partial charge in [-0.25, -0.2) is 4.79 Å². The van der Waals surface area contributed by atoms with Gasteiger partial charge < -0.3 is 14.5 Å². The molecule has 27 heavy (non-hydrogen) atoms. The van der Waals surface area contributed by atoms with Crippen LogP contribution in [0.1, 0.15) is 16.1 Å². The maximum Gasteiger partial charge on any atom is 0.375 e. The highest BCUT2D eigenvalue weighted by Gasteiger charge is 2.19. The van der Waals surface area contributed by atoms with Gasteiger partial charge in [-0.05, 0) is 29.3 Å². The first-order valence-corrected chi connectivity index (χ1v) is 8.23. The molecule has 1 amide bonds. The number of amides is 1. The number of ether oxygens (including phenoxy) is 1. The zero-order valence-corrected chi connectivity index (χ0v) is 14.3. The van der Waals surface area contributed by atoms with Gasteiger partial charge in [-0.1, -0.05) is 42.5 Å². The van der Waals surface area contributed by atoms with Gasteiger partial charge in [0.25, 0.3) is 5.91 Å². The second kappa shape index (κ2) is 8.50. The fourth-order valence-electron chi connectivity index (χ4n) is 2.50. The van der Waals surface area contributed by atoms with Gasteiger partial charge in [0.1, 0.15) is 0 Å². The second-order valence-electron chi connectivity index (χ2n) is 5.69. The van der Waals surface area contributed by atoms with Crippen molar-refractivity contribution in [2.24, 2.45) is 0 Å². The van der Waals surface area contributed by atoms with Crippen LogP contribution < -0.4 is 5.32 Å². The molecule has 0 saturated heterocycles. The summed E-state index contributed by atoms with van der Waals surface area (Å²) in [5, 5.41) is 11.3. The molecule has 0 fully saturated rings. The minimum Gasteiger partial charge on any atom is -0.457 e. The van der Waals surface area contributed by atoms with E-state index in [2.05, 4.69) is 11.4 Å². The van der Waals surface area contributed by atoms with Gasteiger partial charge in [0.15, 0.2) is 6.61 Å². The average Bonchev–Trinajstić information content (AvgIpc) is 3.18. The molecular formula is C21H16N2O4. The first kappa shape index (κ1) is 18.0. The zero-order chi connectivity index (χ0) is 19.1. The molecule has 0 unspecified atom stereocenters. The topological polar surface area (TPSA) is 92.3 Å². The number of carbonyl (C=O) groups excluding carboxylic acids is 2. The van der Waals surface area contributed by atoms with Gasteiger partial charge in [-0.3, -0.25) is 4.79 Å². The van der Waals surface area contributed by atoms with E-state index in [1.165, 1.54) is 6.26 Å². The number of anilines is 1. The summed E-state index contributed by atoms with van der Waals surface area (Å²) in [5.74, 6) is -1.13. The van der Waals surface area contributed by atoms with E-state index in [9.17, 15) is 9.59 Å². The molecule has 0 atom stereocenters. The van der Waals surface area contributed by atoms with Crippen LogP contribution in [0.2, 0.25) is 0 Å². The van der Waals surface area contributed by atoms with Gasteiger partial charge in [-0.15, -0.1) is 0 Å². The number of nitrogens with one attached hydrogen (secondary N) is 1. The van der Waals surface area contributed by atoms with Crippen LogP contribution in [0.5, 0.6) is 0 Å². The first-order valence-electron chi connectivity index (χ1n) is 8.23. The normalized spacial score (nSPS) is 10.0. The Bertz CT molecular complexity index is 969. The Kier molecular flexibility index (Phi) is 5.65. The highest BCUT2D eigenvalue weighted by molar-refractivity contribution is 5.97. The number of nitrogens with zero attached hydrogens (tertiary/aromatic N) is 1. The summed E-state index contributed by atoms with van der Waals surface area (Å²) in [7, 11) is 0. The molecule has 0 saturated carbocycles. The molecule has 1 N–H and O–H groups in total. The fraction of sp³-hybridized carbons (Fsp3) is 0.0952. The molecule has 0 aliphatic carbocycles. The molecule has 3 rings (SSSR count). The van der Waals surface area contributed by atoms with Crippen molar-refractivity contribution in [2.75, 3.05) is 11.9 Å². The molecule has 1 heterocycles. The third-order valence-corrected chi connectivity index (χ3v) is 3.79. The molecule has 6 nitrogen and oxygen atoms in total. The SMILES string of the molecule is N#CCc1ccc(NC(=O)COC(=O)c2occc2-c2ccccc2)cc1. The van der Waals surface area contributed by atoms with Gasteiger partial charge in [0, 0.05) is 11.3 Å². The van der Waals surface area contributed by atoms with E-state index >= 15 is 0 Å². The van der Waals surface area contributed by atoms with E-state index in [0.29, 0.717) is 17.7 Å². The maximum absolute atomic E-state index is 12.2. The van der Waals surface area contributed by atoms with Crippen LogP contribution in [-0.2, 0) is 16.0 Å². The monoisotopic (exact) mass is 360 g/mol. The Labute approximate surface area is 156 Å². The molecule has 0 bridgehead atoms. The van der Waals surface area contributed by atoms with Crippen molar-refractivity contribution in [3.63, 3.8) is 0 Å². The lowest BCUT2D eigenvalue weighted by molar-refractivity contribution is -0.119. The van der Waals surface area contributed by atoms with Crippen LogP contribution in [0.4, 0.5) is 5.69 Å². The third-order valence-electron chi connectivity index (χ3n) is 3.79. The average molecular weight is 360 g/mol. The lowest BCUT2D eigenvalue weighted by atomic mass is 10.1. The number of benzene rings is 2. The number of hydrogen-bond donors (Lipinski definition) is 1. The van der Waals surface area contributed by atoms with E-state index in [-0.39, 0.29) is 5.76 Å². The minimum absolute atomic E-state index is 0.0508. The lowest BCUT2D eigenvalue weighted by Crippen LogP contribution is -2.21. The summed E-state index contributed by atoms with van der Waals surface area (Å²) in [6, 6.07) is 19.9. The van der Waals surface area contributed by atoms with Crippen molar-refractivity contribution in [3.8, 4) is 17.2 Å². The number of rotatable bonds is 6. The molecule has 3 aromatic rings. The summed E-state index contributed by atoms with van der Waals surface area (Å²) >= 11 is 0. The quantitative estimate of drug-likeness (QED) is 0.675. The largest absolute Gasteiger partial charge is 0.457 e. The zero-order valence-electron chi connectivity index (χ0n) is 14.3. The number of nitriles is 1. The van der Waals surface area contributed by atoms with Crippen molar-refractivity contribution in [1.29, 1.82) is 5.26 Å². The smallest absolute Gasteiger partial charge is 0.375 e. The number of hydrogen-bond acceptors (Lipinski definition) is 5. The van der Waals surface area contributed by atoms with E-state index in [1.54, 1.807) is 30.3 Å². The molecule has 2 aromatic carbocycles. The Morgan fingerprint density at radius 3 is 2.48 bits per heavy atom. The molecule has 1 aromatic heterocycles. The van der Waals surface area contributed by atoms with Crippen molar-refractivity contribution in [3.05, 3.63) is 78.3 Å². The van der Waals surface area contributed by atoms with E-state index in [1.807, 2.05) is 30.3 Å². The van der Waals surface area contributed by atoms with Crippen molar-refractivity contribution in [2.45, 2.75) is 6.42 Å². The van der Waals surface area contributed by atoms with Crippen LogP contribution in [0.3, 0.4) is 0 Å². The molecular weight excluding hydrogens is 344 g/mol. The molecule has 0 spiro atoms. The summed E-state index contributed by atoms with van der Waals surface area (Å²) < 4.78 is 10.3. The maximum atomic E-state index is 12.2. The van der Waals surface area contributed by atoms with Gasteiger partial charge in [-0.2, -0.15) is 5.26 Å². The third kappa shape index (κ3) is 4.61. The minimum atomic E-state index is -0.710. The van der Waals surface area contributed by atoms with E-state index in [4.69, 9.17) is 14.4 Å². The summed E-state index contributed by atoms with van der Waals surface area (Å²) in [5.41, 5.74) is 2.84. The second-order valence-corrected chi connectivity index (χ2v) is 5.69. The fourth-order valence-corrected chi connectivity index (χ4v) is 2.50. The molecule has 0 aliphatic rings. The Hall–Kier alpha value is -3.85. The number of furan rings is 1.